The summed E-state index contributed by atoms with van der Waals surface area (Å²) in [7, 11) is 0. The molecule has 2 aliphatic rings. The standard InChI is InChI=1S/C75H88O15S/c1-4-71(76)84-46-16-10-7-13-43-81-59-27-31-62(32-28-59)89-74(79)56-23-19-54(20-24-56)52-87-64-37-41-67-58(49-64)50-70(91-66-39-35-61(36-40-66)83-45-15-9-12-18-48-86-73(78)6-3)69-51-65(38-42-68(67)69)88-53-55-21-25-57(26-22-55)75(80)90-63-33-29-60(30-34-63)82-44-14-8-11-17-47-85-72(77)5-2/h4-6,27-42,49-51,54-57H,1-3,7-26,43-48,52-53H2. The lowest BCUT2D eigenvalue weighted by atomic mass is 9.82. The molecule has 0 unspecified atom stereocenters. The Morgan fingerprint density at radius 1 is 0.363 bits per heavy atom. The van der Waals surface area contributed by atoms with E-state index in [-0.39, 0.29) is 23.8 Å². The van der Waals surface area contributed by atoms with Crippen LogP contribution in [0, 0.1) is 23.7 Å². The highest BCUT2D eigenvalue weighted by atomic mass is 32.2. The van der Waals surface area contributed by atoms with E-state index in [9.17, 15) is 24.0 Å². The molecule has 2 fully saturated rings. The molecule has 0 spiro atoms. The van der Waals surface area contributed by atoms with Crippen molar-refractivity contribution >= 4 is 63.2 Å². The summed E-state index contributed by atoms with van der Waals surface area (Å²) in [5.74, 6) is 3.51. The predicted molar refractivity (Wildman–Crippen MR) is 353 cm³/mol. The number of hydrogen-bond donors (Lipinski definition) is 0. The van der Waals surface area contributed by atoms with Crippen molar-refractivity contribution in [3.05, 3.63) is 153 Å². The third-order valence-corrected chi connectivity index (χ3v) is 17.5. The molecule has 0 radical (unpaired) electrons. The SMILES string of the molecule is C=CC(=O)OCCCCCCOc1ccc(OC(=O)C2CCC(COc3ccc4c(c3)cc(Sc3ccc(OCCCCCCOC(=O)C=C)cc3)c3cc(OCC5CCC(C(=O)Oc6ccc(OCCCCCCOC(=O)C=C)cc6)CC5)ccc34)CC2)cc1. The Kier molecular flexibility index (Phi) is 28.5. The van der Waals surface area contributed by atoms with Gasteiger partial charge in [0.25, 0.3) is 0 Å². The maximum absolute atomic E-state index is 13.3. The number of fused-ring (bicyclic) bond motifs is 3. The van der Waals surface area contributed by atoms with Crippen molar-refractivity contribution in [3.8, 4) is 40.2 Å². The summed E-state index contributed by atoms with van der Waals surface area (Å²) in [6.07, 6.45) is 20.7. The van der Waals surface area contributed by atoms with Crippen LogP contribution < -0.4 is 33.2 Å². The largest absolute Gasteiger partial charge is 0.494 e. The van der Waals surface area contributed by atoms with E-state index in [1.165, 1.54) is 18.2 Å². The van der Waals surface area contributed by atoms with Crippen molar-refractivity contribution < 1.29 is 71.3 Å². The molecule has 0 atom stereocenters. The Bertz CT molecular complexity index is 3290. The number of benzene rings is 6. The molecule has 6 aromatic carbocycles. The molecule has 0 aromatic heterocycles. The second-order valence-corrected chi connectivity index (χ2v) is 24.4. The van der Waals surface area contributed by atoms with Crippen LogP contribution in [0.15, 0.2) is 163 Å². The molecule has 15 nitrogen and oxygen atoms in total. The maximum atomic E-state index is 13.3. The van der Waals surface area contributed by atoms with Crippen molar-refractivity contribution in [2.24, 2.45) is 23.7 Å². The average Bonchev–Trinajstić information content (AvgIpc) is 0.836. The highest BCUT2D eigenvalue weighted by molar-refractivity contribution is 7.99. The number of ether oxygens (including phenoxy) is 10. The Hall–Kier alpha value is -8.24. The van der Waals surface area contributed by atoms with E-state index < -0.39 is 17.9 Å². The topological polar surface area (TPSA) is 178 Å². The quantitative estimate of drug-likeness (QED) is 0.00888. The molecule has 2 aliphatic carbocycles. The summed E-state index contributed by atoms with van der Waals surface area (Å²) in [6.45, 7) is 14.3. The van der Waals surface area contributed by atoms with Gasteiger partial charge in [0.15, 0.2) is 0 Å². The lowest BCUT2D eigenvalue weighted by Crippen LogP contribution is -2.27. The van der Waals surface area contributed by atoms with Gasteiger partial charge in [-0.2, -0.15) is 0 Å². The lowest BCUT2D eigenvalue weighted by Gasteiger charge is -2.27. The summed E-state index contributed by atoms with van der Waals surface area (Å²) in [4.78, 5) is 62.4. The van der Waals surface area contributed by atoms with Gasteiger partial charge in [-0.3, -0.25) is 9.59 Å². The number of hydrogen-bond acceptors (Lipinski definition) is 16. The Balaban J connectivity index is 0.814. The zero-order valence-corrected chi connectivity index (χ0v) is 53.3. The van der Waals surface area contributed by atoms with Gasteiger partial charge in [-0.15, -0.1) is 0 Å². The molecule has 91 heavy (non-hydrogen) atoms. The second-order valence-electron chi connectivity index (χ2n) is 23.3. The Morgan fingerprint density at radius 3 is 1.12 bits per heavy atom. The van der Waals surface area contributed by atoms with E-state index in [0.717, 1.165) is 188 Å². The summed E-state index contributed by atoms with van der Waals surface area (Å²) < 4.78 is 57.7. The fourth-order valence-corrected chi connectivity index (χ4v) is 12.2. The second kappa shape index (κ2) is 37.8. The van der Waals surface area contributed by atoms with Crippen LogP contribution in [0.4, 0.5) is 0 Å². The summed E-state index contributed by atoms with van der Waals surface area (Å²) in [6, 6.07) is 37.5. The van der Waals surface area contributed by atoms with Crippen LogP contribution >= 0.6 is 11.8 Å². The first-order valence-corrected chi connectivity index (χ1v) is 33.3. The predicted octanol–water partition coefficient (Wildman–Crippen LogP) is 16.7. The van der Waals surface area contributed by atoms with Crippen LogP contribution in [-0.2, 0) is 38.2 Å². The van der Waals surface area contributed by atoms with E-state index in [4.69, 9.17) is 47.4 Å². The van der Waals surface area contributed by atoms with Crippen LogP contribution in [-0.4, -0.2) is 82.7 Å². The number of carbonyl (C=O) groups is 5. The normalized spacial score (nSPS) is 16.2. The van der Waals surface area contributed by atoms with Crippen LogP contribution in [0.1, 0.15) is 128 Å². The van der Waals surface area contributed by atoms with E-state index in [1.807, 2.05) is 42.5 Å². The van der Waals surface area contributed by atoms with E-state index in [2.05, 4.69) is 68.3 Å². The van der Waals surface area contributed by atoms with E-state index >= 15 is 0 Å². The van der Waals surface area contributed by atoms with Crippen LogP contribution in [0.2, 0.25) is 0 Å². The van der Waals surface area contributed by atoms with Crippen molar-refractivity contribution in [3.63, 3.8) is 0 Å². The number of esters is 5. The van der Waals surface area contributed by atoms with Gasteiger partial charge in [0.2, 0.25) is 0 Å². The summed E-state index contributed by atoms with van der Waals surface area (Å²) >= 11 is 1.69. The van der Waals surface area contributed by atoms with Gasteiger partial charge in [0.1, 0.15) is 40.2 Å². The molecule has 6 aromatic rings. The number of rotatable bonds is 39. The first-order chi connectivity index (χ1) is 44.5. The molecular weight excluding hydrogens is 1170 g/mol. The Morgan fingerprint density at radius 2 is 0.714 bits per heavy atom. The number of carbonyl (C=O) groups excluding carboxylic acids is 5. The highest BCUT2D eigenvalue weighted by Gasteiger charge is 2.30. The van der Waals surface area contributed by atoms with E-state index in [0.29, 0.717) is 76.2 Å². The third-order valence-electron chi connectivity index (χ3n) is 16.5. The first-order valence-electron chi connectivity index (χ1n) is 32.5. The Labute approximate surface area is 540 Å². The summed E-state index contributed by atoms with van der Waals surface area (Å²) in [5, 5.41) is 4.35. The van der Waals surface area contributed by atoms with Crippen molar-refractivity contribution in [2.45, 2.75) is 138 Å². The van der Waals surface area contributed by atoms with Crippen molar-refractivity contribution in [1.82, 2.24) is 0 Å². The van der Waals surface area contributed by atoms with Gasteiger partial charge in [-0.1, -0.05) is 43.6 Å². The summed E-state index contributed by atoms with van der Waals surface area (Å²) in [5.41, 5.74) is 0. The minimum absolute atomic E-state index is 0.170. The van der Waals surface area contributed by atoms with Crippen LogP contribution in [0.5, 0.6) is 40.2 Å². The minimum Gasteiger partial charge on any atom is -0.494 e. The fourth-order valence-electron chi connectivity index (χ4n) is 11.2. The van der Waals surface area contributed by atoms with Crippen LogP contribution in [0.3, 0.4) is 0 Å². The fraction of sp³-hybridized carbons (Fsp3) is 0.427. The highest BCUT2D eigenvalue weighted by Crippen LogP contribution is 2.42. The average molecular weight is 1260 g/mol. The molecule has 0 saturated heterocycles. The smallest absolute Gasteiger partial charge is 0.330 e. The van der Waals surface area contributed by atoms with Gasteiger partial charge < -0.3 is 47.4 Å². The lowest BCUT2D eigenvalue weighted by molar-refractivity contribution is -0.141. The zero-order chi connectivity index (χ0) is 63.8. The monoisotopic (exact) mass is 1260 g/mol. The van der Waals surface area contributed by atoms with E-state index in [1.54, 1.807) is 36.0 Å². The zero-order valence-electron chi connectivity index (χ0n) is 52.5. The van der Waals surface area contributed by atoms with Crippen LogP contribution in [0.25, 0.3) is 21.5 Å². The molecule has 2 saturated carbocycles. The van der Waals surface area contributed by atoms with Gasteiger partial charge in [-0.05, 0) is 265 Å². The maximum Gasteiger partial charge on any atom is 0.330 e. The van der Waals surface area contributed by atoms with Gasteiger partial charge >= 0.3 is 29.8 Å². The third kappa shape index (κ3) is 23.5. The van der Waals surface area contributed by atoms with Gasteiger partial charge in [-0.25, -0.2) is 14.4 Å². The molecule has 0 aliphatic heterocycles. The van der Waals surface area contributed by atoms with Crippen molar-refractivity contribution in [1.29, 1.82) is 0 Å². The van der Waals surface area contributed by atoms with Gasteiger partial charge in [0, 0.05) is 28.0 Å². The molecule has 0 heterocycles. The minimum atomic E-state index is -0.395. The molecule has 0 bridgehead atoms. The molecule has 16 heteroatoms. The molecule has 0 N–H and O–H groups in total. The molecule has 8 rings (SSSR count). The molecule has 0 amide bonds. The van der Waals surface area contributed by atoms with Crippen molar-refractivity contribution in [2.75, 3.05) is 52.9 Å². The first kappa shape index (κ1) is 68.7. The van der Waals surface area contributed by atoms with Gasteiger partial charge in [0.05, 0.1) is 64.7 Å². The molecule has 484 valence electrons. The number of unbranched alkanes of at least 4 members (excludes halogenated alkanes) is 9. The molecular formula is C75H88O15S.